The van der Waals surface area contributed by atoms with E-state index in [2.05, 4.69) is 6.58 Å². The summed E-state index contributed by atoms with van der Waals surface area (Å²) < 4.78 is 5.50. The van der Waals surface area contributed by atoms with Crippen LogP contribution in [-0.4, -0.2) is 12.5 Å². The Morgan fingerprint density at radius 1 is 1.28 bits per heavy atom. The molecule has 0 aliphatic heterocycles. The van der Waals surface area contributed by atoms with Crippen molar-refractivity contribution in [3.8, 4) is 0 Å². The molecule has 1 amide bonds. The highest BCUT2D eigenvalue weighted by Gasteiger charge is 2.18. The summed E-state index contributed by atoms with van der Waals surface area (Å²) in [6.07, 6.45) is 1.68. The monoisotopic (exact) mass is 241 g/mol. The maximum absolute atomic E-state index is 12.4. The lowest BCUT2D eigenvalue weighted by Crippen LogP contribution is -2.30. The van der Waals surface area contributed by atoms with Crippen molar-refractivity contribution < 1.29 is 9.21 Å². The van der Waals surface area contributed by atoms with E-state index >= 15 is 0 Å². The molecule has 0 unspecified atom stereocenters. The fourth-order valence-corrected chi connectivity index (χ4v) is 1.71. The second-order valence-electron chi connectivity index (χ2n) is 3.95. The second-order valence-corrected chi connectivity index (χ2v) is 3.95. The highest BCUT2D eigenvalue weighted by Crippen LogP contribution is 2.20. The smallest absolute Gasteiger partial charge is 0.260 e. The van der Waals surface area contributed by atoms with Crippen LogP contribution in [0.15, 0.2) is 59.5 Å². The predicted molar refractivity (Wildman–Crippen MR) is 71.8 cm³/mol. The third-order valence-electron chi connectivity index (χ3n) is 2.57. The average molecular weight is 241 g/mol. The standard InChI is InChI=1S/C15H15NO2/c1-3-11-16(14-10-9-12(2)18-14)15(17)13-7-5-4-6-8-13/h3-10H,1,11H2,2H3. The number of rotatable bonds is 4. The first-order valence-electron chi connectivity index (χ1n) is 5.76. The van der Waals surface area contributed by atoms with Gasteiger partial charge in [-0.2, -0.15) is 0 Å². The second kappa shape index (κ2) is 5.36. The molecular formula is C15H15NO2. The number of nitrogens with zero attached hydrogens (tertiary/aromatic N) is 1. The van der Waals surface area contributed by atoms with Crippen molar-refractivity contribution in [2.75, 3.05) is 11.4 Å². The Morgan fingerprint density at radius 3 is 2.56 bits per heavy atom. The molecule has 0 bridgehead atoms. The topological polar surface area (TPSA) is 33.5 Å². The number of carbonyl (C=O) groups is 1. The Balaban J connectivity index is 2.31. The summed E-state index contributed by atoms with van der Waals surface area (Å²) in [6, 6.07) is 12.8. The Hall–Kier alpha value is -2.29. The van der Waals surface area contributed by atoms with E-state index < -0.39 is 0 Å². The van der Waals surface area contributed by atoms with E-state index in [1.165, 1.54) is 0 Å². The first-order valence-corrected chi connectivity index (χ1v) is 5.76. The molecule has 0 aliphatic rings. The van der Waals surface area contributed by atoms with Gasteiger partial charge in [0.25, 0.3) is 5.91 Å². The van der Waals surface area contributed by atoms with Gasteiger partial charge in [-0.25, -0.2) is 0 Å². The predicted octanol–water partition coefficient (Wildman–Crippen LogP) is 3.42. The van der Waals surface area contributed by atoms with Gasteiger partial charge in [0.2, 0.25) is 5.88 Å². The largest absolute Gasteiger partial charge is 0.445 e. The van der Waals surface area contributed by atoms with E-state index in [-0.39, 0.29) is 5.91 Å². The SMILES string of the molecule is C=CCN(C(=O)c1ccccc1)c1ccc(C)o1. The molecule has 2 aromatic rings. The lowest BCUT2D eigenvalue weighted by Gasteiger charge is -2.18. The molecule has 3 heteroatoms. The maximum Gasteiger partial charge on any atom is 0.260 e. The van der Waals surface area contributed by atoms with Crippen molar-refractivity contribution in [3.63, 3.8) is 0 Å². The van der Waals surface area contributed by atoms with Gasteiger partial charge in [-0.3, -0.25) is 9.69 Å². The molecule has 0 saturated carbocycles. The summed E-state index contributed by atoms with van der Waals surface area (Å²) in [6.45, 7) is 5.94. The summed E-state index contributed by atoms with van der Waals surface area (Å²) in [5, 5.41) is 0. The van der Waals surface area contributed by atoms with Gasteiger partial charge in [0.15, 0.2) is 0 Å². The number of hydrogen-bond acceptors (Lipinski definition) is 2. The fraction of sp³-hybridized carbons (Fsp3) is 0.133. The lowest BCUT2D eigenvalue weighted by atomic mass is 10.2. The molecule has 0 spiro atoms. The van der Waals surface area contributed by atoms with E-state index in [0.29, 0.717) is 18.0 Å². The zero-order valence-electron chi connectivity index (χ0n) is 10.3. The first kappa shape index (κ1) is 12.2. The summed E-state index contributed by atoms with van der Waals surface area (Å²) in [7, 11) is 0. The van der Waals surface area contributed by atoms with Crippen molar-refractivity contribution in [3.05, 3.63) is 66.4 Å². The van der Waals surface area contributed by atoms with Crippen molar-refractivity contribution in [1.29, 1.82) is 0 Å². The van der Waals surface area contributed by atoms with E-state index in [4.69, 9.17) is 4.42 Å². The van der Waals surface area contributed by atoms with Crippen LogP contribution >= 0.6 is 0 Å². The quantitative estimate of drug-likeness (QED) is 0.768. The molecule has 0 radical (unpaired) electrons. The molecule has 18 heavy (non-hydrogen) atoms. The highest BCUT2D eigenvalue weighted by atomic mass is 16.4. The van der Waals surface area contributed by atoms with Gasteiger partial charge in [0.05, 0.1) is 0 Å². The summed E-state index contributed by atoms with van der Waals surface area (Å²) in [5.41, 5.74) is 0.633. The Bertz CT molecular complexity index is 543. The summed E-state index contributed by atoms with van der Waals surface area (Å²) in [4.78, 5) is 13.9. The molecule has 92 valence electrons. The van der Waals surface area contributed by atoms with Crippen LogP contribution in [0.25, 0.3) is 0 Å². The third-order valence-corrected chi connectivity index (χ3v) is 2.57. The van der Waals surface area contributed by atoms with Gasteiger partial charge in [0.1, 0.15) is 5.76 Å². The van der Waals surface area contributed by atoms with Gasteiger partial charge in [-0.1, -0.05) is 24.3 Å². The lowest BCUT2D eigenvalue weighted by molar-refractivity contribution is 0.0985. The van der Waals surface area contributed by atoms with Crippen LogP contribution in [0.5, 0.6) is 0 Å². The molecule has 0 N–H and O–H groups in total. The molecule has 0 aliphatic carbocycles. The normalized spacial score (nSPS) is 10.1. The molecule has 0 saturated heterocycles. The summed E-state index contributed by atoms with van der Waals surface area (Å²) in [5.74, 6) is 1.23. The molecule has 3 nitrogen and oxygen atoms in total. The number of aryl methyl sites for hydroxylation is 1. The number of hydrogen-bond donors (Lipinski definition) is 0. The van der Waals surface area contributed by atoms with Crippen LogP contribution in [0.3, 0.4) is 0 Å². The van der Waals surface area contributed by atoms with Gasteiger partial charge in [-0.05, 0) is 25.1 Å². The Kier molecular flexibility index (Phi) is 3.63. The molecule has 1 aromatic carbocycles. The molecular weight excluding hydrogens is 226 g/mol. The minimum Gasteiger partial charge on any atom is -0.445 e. The van der Waals surface area contributed by atoms with Gasteiger partial charge in [0, 0.05) is 18.2 Å². The minimum atomic E-state index is -0.0927. The van der Waals surface area contributed by atoms with Gasteiger partial charge < -0.3 is 4.42 Å². The summed E-state index contributed by atoms with van der Waals surface area (Å²) >= 11 is 0. The van der Waals surface area contributed by atoms with Crippen molar-refractivity contribution in [2.45, 2.75) is 6.92 Å². The highest BCUT2D eigenvalue weighted by molar-refractivity contribution is 6.05. The van der Waals surface area contributed by atoms with E-state index in [1.807, 2.05) is 31.2 Å². The molecule has 0 fully saturated rings. The van der Waals surface area contributed by atoms with Crippen molar-refractivity contribution >= 4 is 11.8 Å². The molecule has 1 heterocycles. The number of anilines is 1. The van der Waals surface area contributed by atoms with E-state index in [1.54, 1.807) is 29.2 Å². The average Bonchev–Trinajstić information content (AvgIpc) is 2.82. The Morgan fingerprint density at radius 2 is 2.00 bits per heavy atom. The zero-order valence-corrected chi connectivity index (χ0v) is 10.3. The van der Waals surface area contributed by atoms with E-state index in [0.717, 1.165) is 5.76 Å². The first-order chi connectivity index (χ1) is 8.72. The van der Waals surface area contributed by atoms with Crippen LogP contribution in [0.4, 0.5) is 5.88 Å². The van der Waals surface area contributed by atoms with Crippen molar-refractivity contribution in [1.82, 2.24) is 0 Å². The van der Waals surface area contributed by atoms with Crippen LogP contribution in [-0.2, 0) is 0 Å². The minimum absolute atomic E-state index is 0.0927. The number of carbonyl (C=O) groups excluding carboxylic acids is 1. The van der Waals surface area contributed by atoms with Crippen LogP contribution in [0, 0.1) is 6.92 Å². The van der Waals surface area contributed by atoms with Gasteiger partial charge >= 0.3 is 0 Å². The number of amides is 1. The van der Waals surface area contributed by atoms with Crippen LogP contribution in [0.2, 0.25) is 0 Å². The fourth-order valence-electron chi connectivity index (χ4n) is 1.71. The number of benzene rings is 1. The maximum atomic E-state index is 12.4. The molecule has 2 rings (SSSR count). The zero-order chi connectivity index (χ0) is 13.0. The Labute approximate surface area is 106 Å². The third kappa shape index (κ3) is 2.51. The van der Waals surface area contributed by atoms with Crippen LogP contribution in [0.1, 0.15) is 16.1 Å². The van der Waals surface area contributed by atoms with Crippen LogP contribution < -0.4 is 4.90 Å². The van der Waals surface area contributed by atoms with E-state index in [9.17, 15) is 4.79 Å². The van der Waals surface area contributed by atoms with Gasteiger partial charge in [-0.15, -0.1) is 6.58 Å². The van der Waals surface area contributed by atoms with Crippen molar-refractivity contribution in [2.24, 2.45) is 0 Å². The molecule has 0 atom stereocenters. The molecule has 1 aromatic heterocycles. The number of furan rings is 1.